The summed E-state index contributed by atoms with van der Waals surface area (Å²) >= 11 is 1.82. The lowest BCUT2D eigenvalue weighted by atomic mass is 10.1. The van der Waals surface area contributed by atoms with Crippen molar-refractivity contribution >= 4 is 29.1 Å². The Morgan fingerprint density at radius 2 is 2.26 bits per heavy atom. The number of thioether (sulfide) groups is 1. The van der Waals surface area contributed by atoms with Gasteiger partial charge in [-0.2, -0.15) is 11.8 Å². The predicted octanol–water partition coefficient (Wildman–Crippen LogP) is 2.86. The van der Waals surface area contributed by atoms with Gasteiger partial charge in [-0.1, -0.05) is 6.92 Å². The summed E-state index contributed by atoms with van der Waals surface area (Å²) in [5.74, 6) is 1.31. The molecule has 3 N–H and O–H groups in total. The van der Waals surface area contributed by atoms with E-state index in [0.717, 1.165) is 18.0 Å². The molecule has 5 heteroatoms. The summed E-state index contributed by atoms with van der Waals surface area (Å²) in [6.07, 6.45) is 2.09. The van der Waals surface area contributed by atoms with Crippen LogP contribution in [0.25, 0.3) is 0 Å². The highest BCUT2D eigenvalue weighted by Gasteiger charge is 2.10. The van der Waals surface area contributed by atoms with Crippen molar-refractivity contribution < 1.29 is 9.53 Å². The second-order valence-electron chi connectivity index (χ2n) is 4.46. The van der Waals surface area contributed by atoms with Gasteiger partial charge < -0.3 is 15.8 Å². The maximum atomic E-state index is 11.7. The van der Waals surface area contributed by atoms with E-state index in [2.05, 4.69) is 18.5 Å². The molecule has 0 heterocycles. The van der Waals surface area contributed by atoms with Crippen LogP contribution in [0.15, 0.2) is 18.2 Å². The zero-order valence-corrected chi connectivity index (χ0v) is 12.5. The molecule has 0 fully saturated rings. The van der Waals surface area contributed by atoms with Gasteiger partial charge in [0.2, 0.25) is 0 Å². The van der Waals surface area contributed by atoms with Crippen LogP contribution in [0.5, 0.6) is 0 Å². The van der Waals surface area contributed by atoms with Crippen LogP contribution in [0.1, 0.15) is 24.2 Å². The number of carbonyl (C=O) groups excluding carboxylic acids is 1. The highest BCUT2D eigenvalue weighted by atomic mass is 32.2. The average molecular weight is 282 g/mol. The third-order valence-corrected chi connectivity index (χ3v) is 3.56. The number of nitrogen functional groups attached to an aromatic ring is 1. The molecule has 1 rings (SSSR count). The van der Waals surface area contributed by atoms with E-state index in [-0.39, 0.29) is 5.97 Å². The molecule has 1 unspecified atom stereocenters. The van der Waals surface area contributed by atoms with Gasteiger partial charge in [0, 0.05) is 6.54 Å². The van der Waals surface area contributed by atoms with Gasteiger partial charge in [0.05, 0.1) is 23.5 Å². The standard InChI is InChI=1S/C14H22N2O2S/c1-4-18-14(17)11-5-6-12(15)13(7-11)16-8-10(2)9-19-3/h5-7,10,16H,4,8-9,15H2,1-3H3. The molecule has 0 bridgehead atoms. The van der Waals surface area contributed by atoms with E-state index in [1.54, 1.807) is 25.1 Å². The first-order chi connectivity index (χ1) is 9.08. The first-order valence-corrected chi connectivity index (χ1v) is 7.77. The number of benzene rings is 1. The molecular formula is C14H22N2O2S. The molecule has 1 atom stereocenters. The van der Waals surface area contributed by atoms with Crippen LogP contribution < -0.4 is 11.1 Å². The fourth-order valence-corrected chi connectivity index (χ4v) is 2.37. The molecule has 0 radical (unpaired) electrons. The van der Waals surface area contributed by atoms with Crippen LogP contribution in [-0.4, -0.2) is 31.1 Å². The number of carbonyl (C=O) groups is 1. The molecule has 19 heavy (non-hydrogen) atoms. The maximum absolute atomic E-state index is 11.7. The molecule has 106 valence electrons. The number of anilines is 2. The van der Waals surface area contributed by atoms with E-state index in [0.29, 0.717) is 23.8 Å². The molecule has 4 nitrogen and oxygen atoms in total. The Morgan fingerprint density at radius 3 is 2.89 bits per heavy atom. The molecule has 0 aromatic heterocycles. The number of rotatable bonds is 7. The number of ether oxygens (including phenoxy) is 1. The molecule has 0 spiro atoms. The topological polar surface area (TPSA) is 64.3 Å². The van der Waals surface area contributed by atoms with Crippen LogP contribution >= 0.6 is 11.8 Å². The number of hydrogen-bond acceptors (Lipinski definition) is 5. The van der Waals surface area contributed by atoms with E-state index >= 15 is 0 Å². The molecular weight excluding hydrogens is 260 g/mol. The van der Waals surface area contributed by atoms with Gasteiger partial charge in [-0.3, -0.25) is 0 Å². The van der Waals surface area contributed by atoms with E-state index in [4.69, 9.17) is 10.5 Å². The SMILES string of the molecule is CCOC(=O)c1ccc(N)c(NCC(C)CSC)c1. The van der Waals surface area contributed by atoms with Gasteiger partial charge in [-0.05, 0) is 43.0 Å². The van der Waals surface area contributed by atoms with Crippen molar-refractivity contribution in [2.24, 2.45) is 5.92 Å². The van der Waals surface area contributed by atoms with Gasteiger partial charge in [0.15, 0.2) is 0 Å². The smallest absolute Gasteiger partial charge is 0.338 e. The quantitative estimate of drug-likeness (QED) is 0.594. The van der Waals surface area contributed by atoms with Gasteiger partial charge in [-0.15, -0.1) is 0 Å². The largest absolute Gasteiger partial charge is 0.462 e. The molecule has 0 aliphatic heterocycles. The van der Waals surface area contributed by atoms with E-state index < -0.39 is 0 Å². The second kappa shape index (κ2) is 7.94. The number of nitrogens with two attached hydrogens (primary N) is 1. The van der Waals surface area contributed by atoms with Gasteiger partial charge >= 0.3 is 5.97 Å². The number of hydrogen-bond donors (Lipinski definition) is 2. The van der Waals surface area contributed by atoms with Crippen molar-refractivity contribution in [2.75, 3.05) is 36.2 Å². The molecule has 1 aromatic carbocycles. The van der Waals surface area contributed by atoms with Crippen molar-refractivity contribution in [2.45, 2.75) is 13.8 Å². The molecule has 0 aliphatic carbocycles. The maximum Gasteiger partial charge on any atom is 0.338 e. The summed E-state index contributed by atoms with van der Waals surface area (Å²) < 4.78 is 4.98. The summed E-state index contributed by atoms with van der Waals surface area (Å²) in [7, 11) is 0. The first kappa shape index (κ1) is 15.7. The van der Waals surface area contributed by atoms with E-state index in [1.807, 2.05) is 11.8 Å². The van der Waals surface area contributed by atoms with Crippen molar-refractivity contribution in [3.8, 4) is 0 Å². The molecule has 1 aromatic rings. The zero-order valence-electron chi connectivity index (χ0n) is 11.7. The Hall–Kier alpha value is -1.36. The lowest BCUT2D eigenvalue weighted by Crippen LogP contribution is -2.15. The highest BCUT2D eigenvalue weighted by molar-refractivity contribution is 7.98. The molecule has 0 amide bonds. The number of esters is 1. The number of nitrogens with one attached hydrogen (secondary N) is 1. The normalized spacial score (nSPS) is 11.9. The minimum Gasteiger partial charge on any atom is -0.462 e. The lowest BCUT2D eigenvalue weighted by molar-refractivity contribution is 0.0526. The average Bonchev–Trinajstić information content (AvgIpc) is 2.38. The summed E-state index contributed by atoms with van der Waals surface area (Å²) in [5.41, 5.74) is 7.86. The minimum atomic E-state index is -0.317. The van der Waals surface area contributed by atoms with Crippen LogP contribution in [0.2, 0.25) is 0 Å². The molecule has 0 saturated heterocycles. The Balaban J connectivity index is 2.71. The van der Waals surface area contributed by atoms with Gasteiger partial charge in [-0.25, -0.2) is 4.79 Å². The van der Waals surface area contributed by atoms with Crippen molar-refractivity contribution in [1.29, 1.82) is 0 Å². The highest BCUT2D eigenvalue weighted by Crippen LogP contribution is 2.21. The monoisotopic (exact) mass is 282 g/mol. The fourth-order valence-electron chi connectivity index (χ4n) is 1.68. The fraction of sp³-hybridized carbons (Fsp3) is 0.500. The van der Waals surface area contributed by atoms with E-state index in [9.17, 15) is 4.79 Å². The summed E-state index contributed by atoms with van der Waals surface area (Å²) in [5, 5.41) is 3.29. The Morgan fingerprint density at radius 1 is 1.53 bits per heavy atom. The zero-order chi connectivity index (χ0) is 14.3. The third-order valence-electron chi connectivity index (χ3n) is 2.66. The summed E-state index contributed by atoms with van der Waals surface area (Å²) in [4.78, 5) is 11.7. The Kier molecular flexibility index (Phi) is 6.56. The Bertz CT molecular complexity index is 424. The van der Waals surface area contributed by atoms with Crippen molar-refractivity contribution in [3.63, 3.8) is 0 Å². The minimum absolute atomic E-state index is 0.317. The van der Waals surface area contributed by atoms with E-state index in [1.165, 1.54) is 0 Å². The van der Waals surface area contributed by atoms with Crippen LogP contribution in [0, 0.1) is 5.92 Å². The summed E-state index contributed by atoms with van der Waals surface area (Å²) in [6, 6.07) is 5.16. The van der Waals surface area contributed by atoms with Crippen molar-refractivity contribution in [3.05, 3.63) is 23.8 Å². The molecule has 0 saturated carbocycles. The van der Waals surface area contributed by atoms with Crippen LogP contribution in [0.3, 0.4) is 0 Å². The first-order valence-electron chi connectivity index (χ1n) is 6.38. The molecule has 0 aliphatic rings. The predicted molar refractivity (Wildman–Crippen MR) is 82.8 cm³/mol. The third kappa shape index (κ3) is 5.03. The summed E-state index contributed by atoms with van der Waals surface area (Å²) in [6.45, 7) is 5.17. The Labute approximate surface area is 119 Å². The van der Waals surface area contributed by atoms with Gasteiger partial charge in [0.25, 0.3) is 0 Å². The van der Waals surface area contributed by atoms with Gasteiger partial charge in [0.1, 0.15) is 0 Å². The lowest BCUT2D eigenvalue weighted by Gasteiger charge is -2.14. The van der Waals surface area contributed by atoms with Crippen LogP contribution in [-0.2, 0) is 4.74 Å². The van der Waals surface area contributed by atoms with Crippen molar-refractivity contribution in [1.82, 2.24) is 0 Å². The van der Waals surface area contributed by atoms with Crippen LogP contribution in [0.4, 0.5) is 11.4 Å². The second-order valence-corrected chi connectivity index (χ2v) is 5.37.